The molecule has 17 heteroatoms. The highest BCUT2D eigenvalue weighted by Gasteiger charge is 2.38. The van der Waals surface area contributed by atoms with Crippen molar-refractivity contribution in [1.82, 2.24) is 34.8 Å². The first-order valence-electron chi connectivity index (χ1n) is 13.1. The summed E-state index contributed by atoms with van der Waals surface area (Å²) in [6, 6.07) is 6.89. The third-order valence-corrected chi connectivity index (χ3v) is 6.06. The van der Waals surface area contributed by atoms with Crippen molar-refractivity contribution in [2.24, 2.45) is 5.73 Å². The molecule has 0 aliphatic heterocycles. The number of nitrogens with two attached hydrogens (primary N) is 1. The largest absolute Gasteiger partial charge is 0.483 e. The van der Waals surface area contributed by atoms with Crippen molar-refractivity contribution < 1.29 is 32.7 Å². The van der Waals surface area contributed by atoms with Crippen LogP contribution in [0.2, 0.25) is 0 Å². The first kappa shape index (κ1) is 33.0. The number of halogens is 3. The number of fused-ring (bicyclic) bond motifs is 1. The van der Waals surface area contributed by atoms with E-state index in [0.29, 0.717) is 17.7 Å². The van der Waals surface area contributed by atoms with Gasteiger partial charge in [-0.05, 0) is 30.2 Å². The number of hydrogen-bond donors (Lipinski definition) is 5. The van der Waals surface area contributed by atoms with Crippen LogP contribution in [0, 0.1) is 11.3 Å². The first-order chi connectivity index (χ1) is 21.1. The number of carbonyl (C=O) groups excluding carboxylic acids is 2. The first-order valence-corrected chi connectivity index (χ1v) is 13.1. The van der Waals surface area contributed by atoms with E-state index in [0.717, 1.165) is 16.4 Å². The monoisotopic (exact) mass is 614 g/mol. The van der Waals surface area contributed by atoms with Gasteiger partial charge in [0.2, 0.25) is 5.91 Å². The number of aryl methyl sites for hydroxylation is 1. The van der Waals surface area contributed by atoms with Crippen molar-refractivity contribution in [1.29, 1.82) is 5.26 Å². The molecule has 3 aromatic heterocycles. The average molecular weight is 615 g/mol. The Balaban J connectivity index is 0.00000169. The molecule has 0 aliphatic rings. The minimum atomic E-state index is -4.74. The van der Waals surface area contributed by atoms with Gasteiger partial charge in [0, 0.05) is 55.9 Å². The zero-order valence-electron chi connectivity index (χ0n) is 23.4. The molecule has 0 bridgehead atoms. The van der Waals surface area contributed by atoms with Crippen LogP contribution in [0.15, 0.2) is 43.0 Å². The molecule has 4 aromatic rings. The maximum absolute atomic E-state index is 13.7. The Hall–Kier alpha value is -5.50. The lowest BCUT2D eigenvalue weighted by Crippen LogP contribution is -2.35. The summed E-state index contributed by atoms with van der Waals surface area (Å²) in [5.74, 6) is -0.198. The topological polar surface area (TPSA) is 205 Å². The molecule has 0 unspecified atom stereocenters. The van der Waals surface area contributed by atoms with Crippen LogP contribution in [0.25, 0.3) is 16.9 Å². The molecule has 0 fully saturated rings. The van der Waals surface area contributed by atoms with Gasteiger partial charge in [0.15, 0.2) is 17.2 Å². The predicted molar refractivity (Wildman–Crippen MR) is 152 cm³/mol. The Morgan fingerprint density at radius 3 is 2.59 bits per heavy atom. The fraction of sp³-hybridized carbons (Fsp3) is 0.296. The van der Waals surface area contributed by atoms with Crippen molar-refractivity contribution in [3.8, 4) is 17.3 Å². The van der Waals surface area contributed by atoms with E-state index in [-0.39, 0.29) is 73.6 Å². The summed E-state index contributed by atoms with van der Waals surface area (Å²) in [5, 5.41) is 27.9. The number of aromatic nitrogens is 5. The van der Waals surface area contributed by atoms with E-state index in [1.165, 1.54) is 23.0 Å². The lowest BCUT2D eigenvalue weighted by molar-refractivity contribution is -0.141. The number of amides is 2. The van der Waals surface area contributed by atoms with Crippen molar-refractivity contribution in [2.75, 3.05) is 25.0 Å². The normalized spacial score (nSPS) is 10.8. The number of benzene rings is 1. The SMILES string of the molecule is CCc1cc(Nc2nccn3c(-c4cn(CC#N)nc4C(F)(F)F)cnc23)ccc1C(=O)NCCNC(=O)CCN.O=CO. The Morgan fingerprint density at radius 1 is 1.20 bits per heavy atom. The van der Waals surface area contributed by atoms with Gasteiger partial charge in [-0.15, -0.1) is 0 Å². The lowest BCUT2D eigenvalue weighted by atomic mass is 10.0. The molecule has 6 N–H and O–H groups in total. The summed E-state index contributed by atoms with van der Waals surface area (Å²) in [7, 11) is 0. The quantitative estimate of drug-likeness (QED) is 0.123. The van der Waals surface area contributed by atoms with Gasteiger partial charge in [0.25, 0.3) is 12.4 Å². The van der Waals surface area contributed by atoms with E-state index in [4.69, 9.17) is 20.9 Å². The summed E-state index contributed by atoms with van der Waals surface area (Å²) in [6.07, 6.45) is 1.37. The van der Waals surface area contributed by atoms with Gasteiger partial charge in [0.1, 0.15) is 6.54 Å². The molecule has 0 saturated carbocycles. The van der Waals surface area contributed by atoms with Crippen molar-refractivity contribution >= 4 is 35.4 Å². The number of rotatable bonds is 11. The number of carbonyl (C=O) groups is 3. The van der Waals surface area contributed by atoms with Crippen molar-refractivity contribution in [3.05, 3.63) is 59.8 Å². The van der Waals surface area contributed by atoms with E-state index in [9.17, 15) is 22.8 Å². The summed E-state index contributed by atoms with van der Waals surface area (Å²) in [6.45, 7) is 2.08. The Kier molecular flexibility index (Phi) is 11.3. The Morgan fingerprint density at radius 2 is 1.93 bits per heavy atom. The summed E-state index contributed by atoms with van der Waals surface area (Å²) in [5.41, 5.74) is 6.19. The van der Waals surface area contributed by atoms with E-state index >= 15 is 0 Å². The van der Waals surface area contributed by atoms with Gasteiger partial charge in [-0.25, -0.2) is 9.97 Å². The van der Waals surface area contributed by atoms with Gasteiger partial charge in [0.05, 0.1) is 23.5 Å². The zero-order valence-corrected chi connectivity index (χ0v) is 23.4. The molecule has 14 nitrogen and oxygen atoms in total. The molecule has 44 heavy (non-hydrogen) atoms. The van der Waals surface area contributed by atoms with Crippen LogP contribution in [0.5, 0.6) is 0 Å². The number of imidazole rings is 1. The van der Waals surface area contributed by atoms with Crippen LogP contribution < -0.4 is 21.7 Å². The van der Waals surface area contributed by atoms with E-state index in [1.54, 1.807) is 24.3 Å². The van der Waals surface area contributed by atoms with E-state index in [2.05, 4.69) is 31.0 Å². The van der Waals surface area contributed by atoms with Crippen molar-refractivity contribution in [2.45, 2.75) is 32.5 Å². The number of carboxylic acid groups (broad SMARTS) is 1. The fourth-order valence-electron chi connectivity index (χ4n) is 4.19. The second-order valence-electron chi connectivity index (χ2n) is 8.96. The highest BCUT2D eigenvalue weighted by atomic mass is 19.4. The predicted octanol–water partition coefficient (Wildman–Crippen LogP) is 2.34. The van der Waals surface area contributed by atoms with Gasteiger partial charge in [-0.1, -0.05) is 6.92 Å². The summed E-state index contributed by atoms with van der Waals surface area (Å²) in [4.78, 5) is 41.2. The number of alkyl halides is 3. The maximum Gasteiger partial charge on any atom is 0.435 e. The minimum absolute atomic E-state index is 0.127. The molecule has 4 rings (SSSR count). The highest BCUT2D eigenvalue weighted by Crippen LogP contribution is 2.37. The number of nitrogens with one attached hydrogen (secondary N) is 3. The molecule has 232 valence electrons. The molecule has 1 aromatic carbocycles. The third kappa shape index (κ3) is 8.07. The van der Waals surface area contributed by atoms with Crippen molar-refractivity contribution in [3.63, 3.8) is 0 Å². The summed E-state index contributed by atoms with van der Waals surface area (Å²) >= 11 is 0. The average Bonchev–Trinajstić information content (AvgIpc) is 3.61. The van der Waals surface area contributed by atoms with E-state index < -0.39 is 11.9 Å². The molecule has 0 spiro atoms. The molecule has 0 saturated heterocycles. The molecule has 2 amide bonds. The number of nitriles is 1. The molecule has 3 heterocycles. The summed E-state index contributed by atoms with van der Waals surface area (Å²) < 4.78 is 43.5. The van der Waals surface area contributed by atoms with E-state index in [1.807, 2.05) is 6.92 Å². The van der Waals surface area contributed by atoms with Crippen LogP contribution in [-0.2, 0) is 28.7 Å². The number of nitrogens with zero attached hydrogens (tertiary/aromatic N) is 6. The van der Waals surface area contributed by atoms with Gasteiger partial charge >= 0.3 is 6.18 Å². The molecular weight excluding hydrogens is 585 g/mol. The Bertz CT molecular complexity index is 1660. The third-order valence-electron chi connectivity index (χ3n) is 6.06. The van der Waals surface area contributed by atoms with Crippen LogP contribution in [0.4, 0.5) is 24.7 Å². The molecule has 0 atom stereocenters. The second-order valence-corrected chi connectivity index (χ2v) is 8.96. The molecular formula is C27H29F3N10O4. The molecule has 0 radical (unpaired) electrons. The smallest absolute Gasteiger partial charge is 0.435 e. The number of anilines is 2. The van der Waals surface area contributed by atoms with Gasteiger partial charge in [-0.3, -0.25) is 23.5 Å². The van der Waals surface area contributed by atoms with Gasteiger partial charge in [-0.2, -0.15) is 23.5 Å². The number of hydrogen-bond acceptors (Lipinski definition) is 9. The second kappa shape index (κ2) is 15.1. The minimum Gasteiger partial charge on any atom is -0.483 e. The zero-order chi connectivity index (χ0) is 32.3. The highest BCUT2D eigenvalue weighted by molar-refractivity contribution is 5.96. The maximum atomic E-state index is 13.7. The van der Waals surface area contributed by atoms with Crippen LogP contribution >= 0.6 is 0 Å². The van der Waals surface area contributed by atoms with Gasteiger partial charge < -0.3 is 26.8 Å². The van der Waals surface area contributed by atoms with Crippen LogP contribution in [0.3, 0.4) is 0 Å². The van der Waals surface area contributed by atoms with Crippen LogP contribution in [-0.4, -0.2) is 67.2 Å². The standard InChI is InChI=1S/C26H27F3N10O2.CH2O2/c1-2-16-13-17(3-4-18(16)25(41)34-9-8-32-21(40)5-6-30)36-23-24-35-14-20(39(24)12-10-33-23)19-15-38(11-7-31)37-22(19)26(27,28)29;2-1-3/h3-4,10,12-15H,2,5-6,8-9,11,30H2,1H3,(H,32,40)(H,33,36)(H,34,41);1H,(H,2,3). The lowest BCUT2D eigenvalue weighted by Gasteiger charge is -2.13. The Labute approximate surface area is 248 Å². The molecule has 0 aliphatic carbocycles. The fourth-order valence-corrected chi connectivity index (χ4v) is 4.19. The van der Waals surface area contributed by atoms with Crippen LogP contribution in [0.1, 0.15) is 35.0 Å².